The summed E-state index contributed by atoms with van der Waals surface area (Å²) in [6, 6.07) is 0.590. The van der Waals surface area contributed by atoms with Gasteiger partial charge in [-0.25, -0.2) is 4.99 Å². The van der Waals surface area contributed by atoms with Crippen LogP contribution in [0.4, 0.5) is 0 Å². The van der Waals surface area contributed by atoms with Crippen molar-refractivity contribution in [1.82, 2.24) is 5.32 Å². The van der Waals surface area contributed by atoms with Gasteiger partial charge in [-0.3, -0.25) is 0 Å². The van der Waals surface area contributed by atoms with E-state index >= 15 is 0 Å². The molecule has 3 N–H and O–H groups in total. The van der Waals surface area contributed by atoms with Crippen molar-refractivity contribution < 1.29 is 0 Å². The van der Waals surface area contributed by atoms with Gasteiger partial charge in [-0.1, -0.05) is 44.3 Å². The van der Waals surface area contributed by atoms with Gasteiger partial charge in [0, 0.05) is 6.04 Å². The van der Waals surface area contributed by atoms with E-state index in [1.165, 1.54) is 38.5 Å². The molecular formula is C14H26IN3. The van der Waals surface area contributed by atoms with Crippen molar-refractivity contribution in [3.63, 3.8) is 0 Å². The molecule has 0 aliphatic heterocycles. The molecule has 0 aromatic carbocycles. The summed E-state index contributed by atoms with van der Waals surface area (Å²) < 4.78 is 0. The lowest BCUT2D eigenvalue weighted by Crippen LogP contribution is -2.35. The van der Waals surface area contributed by atoms with Gasteiger partial charge < -0.3 is 11.1 Å². The van der Waals surface area contributed by atoms with Crippen LogP contribution in [0.2, 0.25) is 0 Å². The average Bonchev–Trinajstić information content (AvgIpc) is 3.07. The molecule has 3 nitrogen and oxygen atoms in total. The van der Waals surface area contributed by atoms with Gasteiger partial charge in [0.1, 0.15) is 0 Å². The predicted octanol–water partition coefficient (Wildman–Crippen LogP) is 3.05. The van der Waals surface area contributed by atoms with Crippen molar-refractivity contribution in [2.75, 3.05) is 6.54 Å². The number of guanidine groups is 1. The standard InChI is InChI=1S/C14H25N3.HI/c1-10(2)9-16-14(15)17-13-8-12(13)11-6-4-3-5-7-11;/h11-13H,1,3-9H2,2H3,(H3,15,16,17);1H. The second kappa shape index (κ2) is 7.36. The van der Waals surface area contributed by atoms with Crippen molar-refractivity contribution in [3.05, 3.63) is 12.2 Å². The Labute approximate surface area is 128 Å². The zero-order valence-electron chi connectivity index (χ0n) is 11.3. The molecule has 18 heavy (non-hydrogen) atoms. The number of hydrogen-bond donors (Lipinski definition) is 2. The number of aliphatic imine (C=N–C) groups is 1. The Morgan fingerprint density at radius 1 is 1.33 bits per heavy atom. The molecule has 0 bridgehead atoms. The fourth-order valence-electron chi connectivity index (χ4n) is 2.92. The minimum atomic E-state index is 0. The van der Waals surface area contributed by atoms with Crippen molar-refractivity contribution in [1.29, 1.82) is 0 Å². The molecule has 0 saturated heterocycles. The molecule has 2 aliphatic rings. The second-order valence-electron chi connectivity index (χ2n) is 5.71. The summed E-state index contributed by atoms with van der Waals surface area (Å²) in [4.78, 5) is 4.27. The largest absolute Gasteiger partial charge is 0.370 e. The van der Waals surface area contributed by atoms with Crippen LogP contribution in [-0.2, 0) is 0 Å². The first kappa shape index (κ1) is 15.8. The van der Waals surface area contributed by atoms with Gasteiger partial charge in [-0.15, -0.1) is 24.0 Å². The third-order valence-electron chi connectivity index (χ3n) is 3.95. The molecule has 0 radical (unpaired) electrons. The lowest BCUT2D eigenvalue weighted by atomic mass is 9.85. The highest BCUT2D eigenvalue weighted by Gasteiger charge is 2.43. The third-order valence-corrected chi connectivity index (χ3v) is 3.95. The van der Waals surface area contributed by atoms with E-state index in [1.54, 1.807) is 0 Å². The van der Waals surface area contributed by atoms with Crippen molar-refractivity contribution in [3.8, 4) is 0 Å². The summed E-state index contributed by atoms with van der Waals surface area (Å²) in [6.45, 7) is 6.43. The summed E-state index contributed by atoms with van der Waals surface area (Å²) in [5, 5.41) is 3.34. The Hall–Kier alpha value is -0.260. The highest BCUT2D eigenvalue weighted by atomic mass is 127. The molecule has 2 rings (SSSR count). The summed E-state index contributed by atoms with van der Waals surface area (Å²) >= 11 is 0. The van der Waals surface area contributed by atoms with Gasteiger partial charge in [0.25, 0.3) is 0 Å². The van der Waals surface area contributed by atoms with Gasteiger partial charge >= 0.3 is 0 Å². The van der Waals surface area contributed by atoms with Crippen molar-refractivity contribution in [2.45, 2.75) is 51.5 Å². The molecule has 0 spiro atoms. The maximum atomic E-state index is 5.85. The SMILES string of the molecule is C=C(C)CN=C(N)NC1CC1C1CCCCC1.I. The highest BCUT2D eigenvalue weighted by molar-refractivity contribution is 14.0. The Morgan fingerprint density at radius 2 is 2.00 bits per heavy atom. The molecular weight excluding hydrogens is 337 g/mol. The molecule has 104 valence electrons. The molecule has 2 atom stereocenters. The quantitative estimate of drug-likeness (QED) is 0.349. The average molecular weight is 363 g/mol. The van der Waals surface area contributed by atoms with E-state index < -0.39 is 0 Å². The van der Waals surface area contributed by atoms with E-state index in [-0.39, 0.29) is 24.0 Å². The van der Waals surface area contributed by atoms with Crippen LogP contribution in [0.1, 0.15) is 45.4 Å². The maximum absolute atomic E-state index is 5.85. The first-order chi connectivity index (χ1) is 8.16. The zero-order valence-corrected chi connectivity index (χ0v) is 13.7. The number of nitrogens with zero attached hydrogens (tertiary/aromatic N) is 1. The van der Waals surface area contributed by atoms with E-state index in [0.717, 1.165) is 17.4 Å². The first-order valence-corrected chi connectivity index (χ1v) is 6.87. The van der Waals surface area contributed by atoms with Gasteiger partial charge in [0.2, 0.25) is 0 Å². The van der Waals surface area contributed by atoms with E-state index in [2.05, 4.69) is 16.9 Å². The summed E-state index contributed by atoms with van der Waals surface area (Å²) in [5.74, 6) is 2.39. The maximum Gasteiger partial charge on any atom is 0.189 e. The number of rotatable bonds is 4. The van der Waals surface area contributed by atoms with Crippen LogP contribution < -0.4 is 11.1 Å². The minimum absolute atomic E-state index is 0. The first-order valence-electron chi connectivity index (χ1n) is 6.87. The van der Waals surface area contributed by atoms with Crippen LogP contribution in [0.25, 0.3) is 0 Å². The topological polar surface area (TPSA) is 50.4 Å². The van der Waals surface area contributed by atoms with Gasteiger partial charge in [0.15, 0.2) is 5.96 Å². The molecule has 0 aromatic rings. The number of nitrogens with one attached hydrogen (secondary N) is 1. The molecule has 0 heterocycles. The van der Waals surface area contributed by atoms with Crippen molar-refractivity contribution in [2.24, 2.45) is 22.6 Å². The molecule has 0 amide bonds. The minimum Gasteiger partial charge on any atom is -0.370 e. The highest BCUT2D eigenvalue weighted by Crippen LogP contribution is 2.44. The normalized spacial score (nSPS) is 28.4. The molecule has 2 unspecified atom stereocenters. The van der Waals surface area contributed by atoms with E-state index in [1.807, 2.05) is 6.92 Å². The Morgan fingerprint density at radius 3 is 2.61 bits per heavy atom. The second-order valence-corrected chi connectivity index (χ2v) is 5.71. The fraction of sp³-hybridized carbons (Fsp3) is 0.786. The van der Waals surface area contributed by atoms with Gasteiger partial charge in [-0.05, 0) is 25.2 Å². The van der Waals surface area contributed by atoms with Crippen molar-refractivity contribution >= 4 is 29.9 Å². The number of hydrogen-bond acceptors (Lipinski definition) is 1. The molecule has 0 aromatic heterocycles. The van der Waals surface area contributed by atoms with Crippen LogP contribution in [-0.4, -0.2) is 18.5 Å². The number of nitrogens with two attached hydrogens (primary N) is 1. The summed E-state index contributed by atoms with van der Waals surface area (Å²) in [5.41, 5.74) is 6.90. The molecule has 2 fully saturated rings. The van der Waals surface area contributed by atoms with Crippen LogP contribution in [0.3, 0.4) is 0 Å². The van der Waals surface area contributed by atoms with Crippen LogP contribution in [0, 0.1) is 11.8 Å². The van der Waals surface area contributed by atoms with E-state index in [0.29, 0.717) is 18.5 Å². The summed E-state index contributed by atoms with van der Waals surface area (Å²) in [7, 11) is 0. The van der Waals surface area contributed by atoms with Crippen LogP contribution in [0.5, 0.6) is 0 Å². The third kappa shape index (κ3) is 4.78. The fourth-order valence-corrected chi connectivity index (χ4v) is 2.92. The van der Waals surface area contributed by atoms with E-state index in [4.69, 9.17) is 5.73 Å². The lowest BCUT2D eigenvalue weighted by Gasteiger charge is -2.21. The lowest BCUT2D eigenvalue weighted by molar-refractivity contribution is 0.316. The Balaban J connectivity index is 0.00000162. The van der Waals surface area contributed by atoms with Crippen LogP contribution >= 0.6 is 24.0 Å². The monoisotopic (exact) mass is 363 g/mol. The van der Waals surface area contributed by atoms with Gasteiger partial charge in [-0.2, -0.15) is 0 Å². The Kier molecular flexibility index (Phi) is 6.46. The smallest absolute Gasteiger partial charge is 0.189 e. The molecule has 4 heteroatoms. The van der Waals surface area contributed by atoms with Crippen LogP contribution in [0.15, 0.2) is 17.1 Å². The van der Waals surface area contributed by atoms with E-state index in [9.17, 15) is 0 Å². The predicted molar refractivity (Wildman–Crippen MR) is 88.3 cm³/mol. The molecule has 2 aliphatic carbocycles. The Bertz CT molecular complexity index is 308. The molecule has 2 saturated carbocycles. The summed E-state index contributed by atoms with van der Waals surface area (Å²) in [6.07, 6.45) is 8.41. The number of halogens is 1. The van der Waals surface area contributed by atoms with Gasteiger partial charge in [0.05, 0.1) is 6.54 Å². The zero-order chi connectivity index (χ0) is 12.3.